The van der Waals surface area contributed by atoms with Gasteiger partial charge in [-0.15, -0.1) is 0 Å². The molecule has 0 aliphatic rings. The van der Waals surface area contributed by atoms with Crippen molar-refractivity contribution in [2.75, 3.05) is 0 Å². The number of H-pyrrole nitrogens is 2. The minimum absolute atomic E-state index is 0.655. The van der Waals surface area contributed by atoms with Crippen LogP contribution in [0.2, 0.25) is 0 Å². The lowest BCUT2D eigenvalue weighted by Crippen LogP contribution is -1.85. The average Bonchev–Trinajstić information content (AvgIpc) is 3.16. The Morgan fingerprint density at radius 2 is 2.17 bits per heavy atom. The van der Waals surface area contributed by atoms with Crippen molar-refractivity contribution in [3.05, 3.63) is 48.1 Å². The summed E-state index contributed by atoms with van der Waals surface area (Å²) in [4.78, 5) is 18.0. The van der Waals surface area contributed by atoms with Gasteiger partial charge in [-0.05, 0) is 35.9 Å². The van der Waals surface area contributed by atoms with Crippen LogP contribution in [0, 0.1) is 5.41 Å². The van der Waals surface area contributed by atoms with Crippen LogP contribution < -0.4 is 0 Å². The van der Waals surface area contributed by atoms with E-state index in [1.54, 1.807) is 24.5 Å². The zero-order valence-corrected chi connectivity index (χ0v) is 11.9. The molecule has 0 aliphatic carbocycles. The number of pyridine rings is 1. The van der Waals surface area contributed by atoms with Gasteiger partial charge in [0.2, 0.25) is 0 Å². The van der Waals surface area contributed by atoms with E-state index in [1.807, 2.05) is 12.1 Å². The van der Waals surface area contributed by atoms with Crippen LogP contribution in [-0.4, -0.2) is 37.5 Å². The van der Waals surface area contributed by atoms with Gasteiger partial charge in [-0.2, -0.15) is 5.10 Å². The molecule has 23 heavy (non-hydrogen) atoms. The second-order valence-corrected chi connectivity index (χ2v) is 4.74. The molecule has 7 heteroatoms. The summed E-state index contributed by atoms with van der Waals surface area (Å²) in [6.07, 6.45) is 10.5. The van der Waals surface area contributed by atoms with Crippen LogP contribution >= 0.6 is 0 Å². The molecule has 3 aromatic rings. The molecule has 0 unspecified atom stereocenters. The summed E-state index contributed by atoms with van der Waals surface area (Å²) in [5.41, 5.74) is 3.89. The maximum atomic E-state index is 10.6. The molecule has 3 aromatic heterocycles. The van der Waals surface area contributed by atoms with Crippen molar-refractivity contribution < 1.29 is 9.90 Å². The number of allylic oxidation sites excluding steroid dienone is 1. The number of fused-ring (bicyclic) bond motifs is 1. The van der Waals surface area contributed by atoms with E-state index in [1.165, 1.54) is 12.3 Å². The maximum Gasteiger partial charge on any atom is 0.328 e. The van der Waals surface area contributed by atoms with Gasteiger partial charge in [-0.25, -0.2) is 9.78 Å². The molecular formula is C16H13N5O2. The third-order valence-corrected chi connectivity index (χ3v) is 3.28. The van der Waals surface area contributed by atoms with Crippen molar-refractivity contribution in [3.8, 4) is 11.1 Å². The predicted molar refractivity (Wildman–Crippen MR) is 88.2 cm³/mol. The minimum Gasteiger partial charge on any atom is -0.478 e. The number of carbonyl (C=O) groups is 1. The highest BCUT2D eigenvalue weighted by Crippen LogP contribution is 2.30. The van der Waals surface area contributed by atoms with Crippen molar-refractivity contribution >= 4 is 35.4 Å². The zero-order valence-electron chi connectivity index (χ0n) is 11.9. The fourth-order valence-electron chi connectivity index (χ4n) is 2.32. The monoisotopic (exact) mass is 307 g/mol. The van der Waals surface area contributed by atoms with Gasteiger partial charge < -0.3 is 15.5 Å². The van der Waals surface area contributed by atoms with E-state index in [4.69, 9.17) is 10.5 Å². The van der Waals surface area contributed by atoms with Crippen LogP contribution in [0.25, 0.3) is 34.3 Å². The van der Waals surface area contributed by atoms with E-state index in [9.17, 15) is 4.79 Å². The fraction of sp³-hybridized carbons (Fsp3) is 0. The number of carboxylic acids is 1. The number of hydrogen-bond donors (Lipinski definition) is 4. The van der Waals surface area contributed by atoms with E-state index in [-0.39, 0.29) is 0 Å². The first-order valence-electron chi connectivity index (χ1n) is 6.78. The molecule has 0 spiro atoms. The number of hydrogen-bond acceptors (Lipinski definition) is 4. The second-order valence-electron chi connectivity index (χ2n) is 4.74. The van der Waals surface area contributed by atoms with Crippen molar-refractivity contribution in [1.82, 2.24) is 20.2 Å². The van der Waals surface area contributed by atoms with Crippen molar-refractivity contribution in [3.63, 3.8) is 0 Å². The first-order chi connectivity index (χ1) is 11.2. The summed E-state index contributed by atoms with van der Waals surface area (Å²) in [5.74, 6) is -1.01. The molecule has 7 nitrogen and oxygen atoms in total. The van der Waals surface area contributed by atoms with Crippen LogP contribution in [0.1, 0.15) is 11.4 Å². The Morgan fingerprint density at radius 3 is 2.96 bits per heavy atom. The number of aliphatic carboxylic acids is 1. The number of nitrogens with zero attached hydrogens (tertiary/aromatic N) is 2. The molecule has 0 saturated heterocycles. The Morgan fingerprint density at radius 1 is 1.30 bits per heavy atom. The molecule has 0 fully saturated rings. The van der Waals surface area contributed by atoms with Gasteiger partial charge in [-0.1, -0.05) is 0 Å². The third kappa shape index (κ3) is 2.93. The molecule has 114 valence electrons. The van der Waals surface area contributed by atoms with Gasteiger partial charge in [0.25, 0.3) is 0 Å². The smallest absolute Gasteiger partial charge is 0.328 e. The lowest BCUT2D eigenvalue weighted by Gasteiger charge is -2.01. The Hall–Kier alpha value is -3.48. The molecule has 0 radical (unpaired) electrons. The van der Waals surface area contributed by atoms with Crippen LogP contribution in [-0.2, 0) is 4.79 Å². The van der Waals surface area contributed by atoms with Gasteiger partial charge in [0, 0.05) is 35.1 Å². The highest BCUT2D eigenvalue weighted by atomic mass is 16.4. The summed E-state index contributed by atoms with van der Waals surface area (Å²) in [7, 11) is 0. The molecule has 0 amide bonds. The third-order valence-electron chi connectivity index (χ3n) is 3.28. The Balaban J connectivity index is 2.11. The number of rotatable bonds is 5. The van der Waals surface area contributed by atoms with Gasteiger partial charge in [-0.3, -0.25) is 5.10 Å². The predicted octanol–water partition coefficient (Wildman–Crippen LogP) is 2.71. The fourth-order valence-corrected chi connectivity index (χ4v) is 2.32. The normalized spacial score (nSPS) is 11.7. The number of aromatic amines is 2. The second kappa shape index (κ2) is 6.10. The Bertz CT molecular complexity index is 933. The topological polar surface area (TPSA) is 119 Å². The lowest BCUT2D eigenvalue weighted by atomic mass is 10.0. The number of carboxylic acid groups (broad SMARTS) is 1. The van der Waals surface area contributed by atoms with E-state index in [0.29, 0.717) is 11.3 Å². The number of aromatic nitrogens is 4. The van der Waals surface area contributed by atoms with Crippen molar-refractivity contribution in [1.29, 1.82) is 5.41 Å². The van der Waals surface area contributed by atoms with E-state index < -0.39 is 5.97 Å². The number of nitrogens with one attached hydrogen (secondary N) is 3. The zero-order chi connectivity index (χ0) is 16.2. The molecule has 0 bridgehead atoms. The SMILES string of the molecule is N=C/C=C\c1[nH]ncc1-c1ccnc2[nH]c(/C=C/C(=O)O)cc12. The van der Waals surface area contributed by atoms with Gasteiger partial charge in [0.05, 0.1) is 11.9 Å². The standard InChI is InChI=1S/C16H13N5O2/c17-6-1-2-14-13(9-19-21-14)11-5-7-18-16-12(11)8-10(20-16)3-4-15(22)23/h1-9,17H,(H,18,20)(H,19,21)(H,22,23)/b2-1-,4-3+,17-6?. The quantitative estimate of drug-likeness (QED) is 0.428. The van der Waals surface area contributed by atoms with Crippen LogP contribution in [0.4, 0.5) is 0 Å². The summed E-state index contributed by atoms with van der Waals surface area (Å²) < 4.78 is 0. The van der Waals surface area contributed by atoms with Gasteiger partial charge in [0.1, 0.15) is 5.65 Å². The van der Waals surface area contributed by atoms with Gasteiger partial charge in [0.15, 0.2) is 0 Å². The molecule has 0 aliphatic heterocycles. The van der Waals surface area contributed by atoms with Crippen molar-refractivity contribution in [2.24, 2.45) is 0 Å². The highest BCUT2D eigenvalue weighted by molar-refractivity contribution is 5.97. The molecular weight excluding hydrogens is 294 g/mol. The first-order valence-corrected chi connectivity index (χ1v) is 6.78. The Labute approximate surface area is 130 Å². The largest absolute Gasteiger partial charge is 0.478 e. The van der Waals surface area contributed by atoms with Gasteiger partial charge >= 0.3 is 5.97 Å². The maximum absolute atomic E-state index is 10.6. The van der Waals surface area contributed by atoms with E-state index in [2.05, 4.69) is 20.2 Å². The average molecular weight is 307 g/mol. The van der Waals surface area contributed by atoms with Crippen LogP contribution in [0.3, 0.4) is 0 Å². The molecule has 0 atom stereocenters. The van der Waals surface area contributed by atoms with Crippen LogP contribution in [0.5, 0.6) is 0 Å². The molecule has 3 heterocycles. The Kier molecular flexibility index (Phi) is 3.84. The molecule has 3 rings (SSSR count). The van der Waals surface area contributed by atoms with Crippen molar-refractivity contribution in [2.45, 2.75) is 0 Å². The lowest BCUT2D eigenvalue weighted by molar-refractivity contribution is -0.131. The summed E-state index contributed by atoms with van der Waals surface area (Å²) in [6, 6.07) is 3.71. The summed E-state index contributed by atoms with van der Waals surface area (Å²) in [5, 5.41) is 23.6. The minimum atomic E-state index is -1.01. The highest BCUT2D eigenvalue weighted by Gasteiger charge is 2.11. The van der Waals surface area contributed by atoms with Crippen LogP contribution in [0.15, 0.2) is 36.7 Å². The molecule has 4 N–H and O–H groups in total. The van der Waals surface area contributed by atoms with E-state index >= 15 is 0 Å². The summed E-state index contributed by atoms with van der Waals surface area (Å²) >= 11 is 0. The van der Waals surface area contributed by atoms with E-state index in [0.717, 1.165) is 28.3 Å². The first kappa shape index (κ1) is 14.5. The molecule has 0 aromatic carbocycles. The molecule has 0 saturated carbocycles. The summed E-state index contributed by atoms with van der Waals surface area (Å²) in [6.45, 7) is 0.